The van der Waals surface area contributed by atoms with Crippen molar-refractivity contribution >= 4 is 15.9 Å². The van der Waals surface area contributed by atoms with Crippen LogP contribution >= 0.6 is 0 Å². The fourth-order valence-corrected chi connectivity index (χ4v) is 5.22. The molecule has 2 aromatic carbocycles. The first-order valence-electron chi connectivity index (χ1n) is 10.7. The number of hydroxylamine groups is 1. The summed E-state index contributed by atoms with van der Waals surface area (Å²) < 4.78 is 74.9. The number of amides is 1. The molecule has 0 radical (unpaired) electrons. The Morgan fingerprint density at radius 1 is 1.06 bits per heavy atom. The van der Waals surface area contributed by atoms with Gasteiger partial charge in [-0.05, 0) is 74.0 Å². The van der Waals surface area contributed by atoms with E-state index in [1.807, 2.05) is 0 Å². The van der Waals surface area contributed by atoms with E-state index in [1.165, 1.54) is 5.48 Å². The largest absolute Gasteiger partial charge is 0.451 e. The minimum absolute atomic E-state index is 0.00718. The van der Waals surface area contributed by atoms with Crippen molar-refractivity contribution in [1.29, 1.82) is 0 Å². The molecule has 0 heterocycles. The summed E-state index contributed by atoms with van der Waals surface area (Å²) in [6, 6.07) is 4.11. The molecule has 2 aromatic rings. The highest BCUT2D eigenvalue weighted by Crippen LogP contribution is 2.32. The summed E-state index contributed by atoms with van der Waals surface area (Å²) in [6.07, 6.45) is 3.25. The normalized spacial score (nSPS) is 19.4. The first-order valence-corrected chi connectivity index (χ1v) is 12.2. The van der Waals surface area contributed by atoms with Crippen LogP contribution in [0.15, 0.2) is 41.3 Å². The van der Waals surface area contributed by atoms with Crippen molar-refractivity contribution in [2.75, 3.05) is 6.54 Å². The number of carbonyl (C=O) groups excluding carboxylic acids is 1. The Morgan fingerprint density at radius 2 is 1.62 bits per heavy atom. The molecule has 1 fully saturated rings. The van der Waals surface area contributed by atoms with Gasteiger partial charge in [0.15, 0.2) is 17.4 Å². The third kappa shape index (κ3) is 6.47. The zero-order valence-corrected chi connectivity index (χ0v) is 19.0. The van der Waals surface area contributed by atoms with E-state index in [0.29, 0.717) is 24.6 Å². The third-order valence-corrected chi connectivity index (χ3v) is 7.36. The number of carbonyl (C=O) groups is 1. The topological polar surface area (TPSA) is 131 Å². The summed E-state index contributed by atoms with van der Waals surface area (Å²) in [5.74, 6) is -4.73. The van der Waals surface area contributed by atoms with Crippen LogP contribution in [-0.4, -0.2) is 32.1 Å². The minimum atomic E-state index is -4.55. The van der Waals surface area contributed by atoms with Crippen molar-refractivity contribution in [3.63, 3.8) is 0 Å². The van der Waals surface area contributed by atoms with Crippen molar-refractivity contribution in [2.45, 2.75) is 43.0 Å². The fourth-order valence-electron chi connectivity index (χ4n) is 3.99. The van der Waals surface area contributed by atoms with Crippen LogP contribution in [0.2, 0.25) is 0 Å². The molecule has 8 nitrogen and oxygen atoms in total. The molecule has 0 bridgehead atoms. The van der Waals surface area contributed by atoms with Crippen LogP contribution < -0.4 is 20.7 Å². The highest BCUT2D eigenvalue weighted by molar-refractivity contribution is 7.89. The average molecular weight is 502 g/mol. The van der Waals surface area contributed by atoms with E-state index in [0.717, 1.165) is 49.9 Å². The van der Waals surface area contributed by atoms with Crippen LogP contribution in [0.1, 0.15) is 32.1 Å². The lowest BCUT2D eigenvalue weighted by atomic mass is 9.79. The molecule has 5 N–H and O–H groups in total. The molecule has 3 rings (SSSR count). The molecule has 0 saturated heterocycles. The van der Waals surface area contributed by atoms with Gasteiger partial charge in [0.2, 0.25) is 10.0 Å². The number of nitrogens with one attached hydrogen (secondary N) is 2. The van der Waals surface area contributed by atoms with E-state index in [-0.39, 0.29) is 18.1 Å². The van der Waals surface area contributed by atoms with Crippen molar-refractivity contribution in [1.82, 2.24) is 10.2 Å². The Hall–Kier alpha value is -2.67. The summed E-state index contributed by atoms with van der Waals surface area (Å²) in [4.78, 5) is 11.4. The number of nitrogens with two attached hydrogens (primary N) is 1. The van der Waals surface area contributed by atoms with Gasteiger partial charge < -0.3 is 10.5 Å². The van der Waals surface area contributed by atoms with E-state index >= 15 is 0 Å². The zero-order valence-electron chi connectivity index (χ0n) is 18.1. The Bertz CT molecular complexity index is 1080. The van der Waals surface area contributed by atoms with Gasteiger partial charge in [-0.15, -0.1) is 0 Å². The van der Waals surface area contributed by atoms with Crippen molar-refractivity contribution in [2.24, 2.45) is 17.6 Å². The van der Waals surface area contributed by atoms with Crippen molar-refractivity contribution in [3.05, 3.63) is 53.8 Å². The number of halogens is 3. The van der Waals surface area contributed by atoms with Gasteiger partial charge >= 0.3 is 0 Å². The monoisotopic (exact) mass is 501 g/mol. The molecule has 1 unspecified atom stereocenters. The summed E-state index contributed by atoms with van der Waals surface area (Å²) in [5.41, 5.74) is 7.11. The number of sulfonamides is 1. The van der Waals surface area contributed by atoms with Crippen LogP contribution in [0.4, 0.5) is 13.2 Å². The number of hydrogen-bond donors (Lipinski definition) is 4. The van der Waals surface area contributed by atoms with Crippen LogP contribution in [0.25, 0.3) is 0 Å². The molecular weight excluding hydrogens is 475 g/mol. The van der Waals surface area contributed by atoms with E-state index in [2.05, 4.69) is 4.72 Å². The summed E-state index contributed by atoms with van der Waals surface area (Å²) in [6.45, 7) is 0.553. The maximum atomic E-state index is 14.6. The van der Waals surface area contributed by atoms with Gasteiger partial charge in [-0.2, -0.15) is 4.72 Å². The Morgan fingerprint density at radius 3 is 2.15 bits per heavy atom. The molecule has 0 aliphatic heterocycles. The number of ether oxygens (including phenoxy) is 1. The molecule has 0 spiro atoms. The highest BCUT2D eigenvalue weighted by atomic mass is 32.2. The highest BCUT2D eigenvalue weighted by Gasteiger charge is 2.31. The molecule has 1 amide bonds. The Labute approximate surface area is 195 Å². The van der Waals surface area contributed by atoms with Gasteiger partial charge in [0.1, 0.15) is 17.6 Å². The second kappa shape index (κ2) is 11.2. The second-order valence-electron chi connectivity index (χ2n) is 8.28. The minimum Gasteiger partial charge on any atom is -0.451 e. The molecular formula is C22H26F3N3O5S. The van der Waals surface area contributed by atoms with Gasteiger partial charge in [-0.25, -0.2) is 27.1 Å². The standard InChI is InChI=1S/C22H26F3N3O5S/c23-15-5-7-16(8-6-15)33-21-18(24)10-17(11-19(21)25)34(31,32)28-20(22(29)27-30)9-13-1-3-14(12-26)4-2-13/h5-8,10-11,13-14,20,28,30H,1-4,9,12,26H2,(H,27,29). The second-order valence-corrected chi connectivity index (χ2v) is 9.99. The fraction of sp³-hybridized carbons (Fsp3) is 0.409. The number of rotatable bonds is 9. The maximum Gasteiger partial charge on any atom is 0.261 e. The number of hydrogen-bond acceptors (Lipinski definition) is 6. The quantitative estimate of drug-likeness (QED) is 0.308. The lowest BCUT2D eigenvalue weighted by Gasteiger charge is -2.30. The lowest BCUT2D eigenvalue weighted by molar-refractivity contribution is -0.131. The molecule has 186 valence electrons. The third-order valence-electron chi connectivity index (χ3n) is 5.91. The molecule has 1 saturated carbocycles. The van der Waals surface area contributed by atoms with Gasteiger partial charge in [0.05, 0.1) is 4.90 Å². The lowest BCUT2D eigenvalue weighted by Crippen LogP contribution is -2.47. The first-order chi connectivity index (χ1) is 16.1. The molecule has 1 atom stereocenters. The molecule has 34 heavy (non-hydrogen) atoms. The predicted octanol–water partition coefficient (Wildman–Crippen LogP) is 3.20. The first kappa shape index (κ1) is 25.9. The van der Waals surface area contributed by atoms with E-state index in [4.69, 9.17) is 15.7 Å². The van der Waals surface area contributed by atoms with Crippen LogP contribution in [0, 0.1) is 29.3 Å². The van der Waals surface area contributed by atoms with Gasteiger partial charge in [-0.3, -0.25) is 10.0 Å². The van der Waals surface area contributed by atoms with Crippen LogP contribution in [0.5, 0.6) is 11.5 Å². The Kier molecular flexibility index (Phi) is 8.52. The molecule has 0 aromatic heterocycles. The van der Waals surface area contributed by atoms with Gasteiger partial charge in [-0.1, -0.05) is 12.8 Å². The van der Waals surface area contributed by atoms with Crippen LogP contribution in [-0.2, 0) is 14.8 Å². The van der Waals surface area contributed by atoms with Gasteiger partial charge in [0, 0.05) is 0 Å². The smallest absolute Gasteiger partial charge is 0.261 e. The van der Waals surface area contributed by atoms with Crippen molar-refractivity contribution < 1.29 is 36.3 Å². The molecule has 1 aliphatic carbocycles. The van der Waals surface area contributed by atoms with E-state index in [9.17, 15) is 26.4 Å². The predicted molar refractivity (Wildman–Crippen MR) is 116 cm³/mol. The van der Waals surface area contributed by atoms with Crippen LogP contribution in [0.3, 0.4) is 0 Å². The SMILES string of the molecule is NCC1CCC(CC(NS(=O)(=O)c2cc(F)c(Oc3ccc(F)cc3)c(F)c2)C(=O)NO)CC1. The summed E-state index contributed by atoms with van der Waals surface area (Å²) in [7, 11) is -4.55. The average Bonchev–Trinajstić information content (AvgIpc) is 2.81. The molecule has 12 heteroatoms. The summed E-state index contributed by atoms with van der Waals surface area (Å²) >= 11 is 0. The van der Waals surface area contributed by atoms with E-state index in [1.54, 1.807) is 0 Å². The number of benzene rings is 2. The Balaban J connectivity index is 1.77. The maximum absolute atomic E-state index is 14.6. The summed E-state index contributed by atoms with van der Waals surface area (Å²) in [5, 5.41) is 9.05. The zero-order chi connectivity index (χ0) is 24.9. The molecule has 1 aliphatic rings. The van der Waals surface area contributed by atoms with Crippen molar-refractivity contribution in [3.8, 4) is 11.5 Å². The van der Waals surface area contributed by atoms with E-state index < -0.39 is 50.1 Å². The van der Waals surface area contributed by atoms with Gasteiger partial charge in [0.25, 0.3) is 5.91 Å².